The molecule has 0 aliphatic heterocycles. The summed E-state index contributed by atoms with van der Waals surface area (Å²) in [6, 6.07) is 12.7. The van der Waals surface area contributed by atoms with Gasteiger partial charge in [0.05, 0.1) is 10.8 Å². The maximum atomic E-state index is 12.0. The Morgan fingerprint density at radius 2 is 1.79 bits per heavy atom. The average Bonchev–Trinajstić information content (AvgIpc) is 2.59. The van der Waals surface area contributed by atoms with E-state index in [1.54, 1.807) is 31.2 Å². The van der Waals surface area contributed by atoms with Crippen LogP contribution in [0.5, 0.6) is 0 Å². The first-order chi connectivity index (χ1) is 11.4. The number of carbonyl (C=O) groups is 1. The molecule has 0 saturated heterocycles. The van der Waals surface area contributed by atoms with E-state index < -0.39 is 16.8 Å². The predicted octanol–water partition coefficient (Wildman–Crippen LogP) is 3.32. The topological polar surface area (TPSA) is 108 Å². The van der Waals surface area contributed by atoms with Crippen molar-refractivity contribution in [2.75, 3.05) is 0 Å². The second-order valence-electron chi connectivity index (χ2n) is 4.96. The summed E-state index contributed by atoms with van der Waals surface area (Å²) < 4.78 is 0.892. The number of non-ortho nitro benzene ring substituents is 1. The summed E-state index contributed by atoms with van der Waals surface area (Å²) in [7, 11) is 0. The van der Waals surface area contributed by atoms with Crippen molar-refractivity contribution in [1.82, 2.24) is 0 Å². The molecule has 0 aliphatic carbocycles. The van der Waals surface area contributed by atoms with Crippen molar-refractivity contribution in [2.45, 2.75) is 12.8 Å². The highest BCUT2D eigenvalue weighted by atomic mass is 79.9. The first kappa shape index (κ1) is 17.6. The van der Waals surface area contributed by atoms with E-state index in [1.807, 2.05) is 0 Å². The van der Waals surface area contributed by atoms with E-state index in [-0.39, 0.29) is 11.5 Å². The third kappa shape index (κ3) is 4.39. The van der Waals surface area contributed by atoms with Crippen molar-refractivity contribution in [3.8, 4) is 0 Å². The molecular formula is C16H14BrN3O4. The molecule has 0 fully saturated rings. The third-order valence-corrected chi connectivity index (χ3v) is 3.86. The van der Waals surface area contributed by atoms with Gasteiger partial charge in [0.1, 0.15) is 0 Å². The number of halogens is 1. The molecule has 2 aromatic carbocycles. The fourth-order valence-corrected chi connectivity index (χ4v) is 2.13. The number of oxime groups is 1. The fourth-order valence-electron chi connectivity index (χ4n) is 1.87. The van der Waals surface area contributed by atoms with Gasteiger partial charge in [-0.25, -0.2) is 4.79 Å². The third-order valence-electron chi connectivity index (χ3n) is 3.33. The Bertz CT molecular complexity index is 773. The molecule has 0 aromatic heterocycles. The van der Waals surface area contributed by atoms with Crippen LogP contribution in [0, 0.1) is 10.1 Å². The molecule has 2 aromatic rings. The molecule has 0 spiro atoms. The zero-order valence-corrected chi connectivity index (χ0v) is 14.3. The number of hydrogen-bond acceptors (Lipinski definition) is 5. The number of amidine groups is 1. The van der Waals surface area contributed by atoms with Crippen molar-refractivity contribution < 1.29 is 14.6 Å². The molecule has 124 valence electrons. The largest absolute Gasteiger partial charge is 0.380 e. The summed E-state index contributed by atoms with van der Waals surface area (Å²) >= 11 is 3.31. The maximum absolute atomic E-state index is 12.0. The van der Waals surface area contributed by atoms with Crippen molar-refractivity contribution in [3.05, 3.63) is 74.2 Å². The lowest BCUT2D eigenvalue weighted by Gasteiger charge is -2.08. The minimum atomic E-state index is -0.632. The van der Waals surface area contributed by atoms with E-state index in [1.165, 1.54) is 24.3 Å². The molecule has 7 nitrogen and oxygen atoms in total. The van der Waals surface area contributed by atoms with Gasteiger partial charge in [-0.1, -0.05) is 45.4 Å². The molecule has 0 amide bonds. The molecule has 0 saturated carbocycles. The highest BCUT2D eigenvalue weighted by molar-refractivity contribution is 9.10. The Hall–Kier alpha value is -2.74. The minimum absolute atomic E-state index is 0.0446. The van der Waals surface area contributed by atoms with Crippen molar-refractivity contribution >= 4 is 33.4 Å². The Labute approximate surface area is 146 Å². The lowest BCUT2D eigenvalue weighted by atomic mass is 10.0. The molecule has 1 atom stereocenters. The number of nitrogens with zero attached hydrogens (tertiary/aromatic N) is 2. The van der Waals surface area contributed by atoms with E-state index in [4.69, 9.17) is 10.6 Å². The number of nitro benzene ring substituents is 1. The van der Waals surface area contributed by atoms with Crippen molar-refractivity contribution in [3.63, 3.8) is 0 Å². The fraction of sp³-hybridized carbons (Fsp3) is 0.125. The van der Waals surface area contributed by atoms with Crippen molar-refractivity contribution in [2.24, 2.45) is 10.9 Å². The number of hydrogen-bond donors (Lipinski definition) is 1. The normalized spacial score (nSPS) is 12.5. The molecule has 0 aliphatic rings. The van der Waals surface area contributed by atoms with Gasteiger partial charge >= 0.3 is 5.97 Å². The molecule has 0 heterocycles. The molecule has 0 bridgehead atoms. The Kier molecular flexibility index (Phi) is 5.64. The lowest BCUT2D eigenvalue weighted by molar-refractivity contribution is -0.384. The maximum Gasteiger partial charge on any atom is 0.342 e. The summed E-state index contributed by atoms with van der Waals surface area (Å²) in [5.41, 5.74) is 6.93. The van der Waals surface area contributed by atoms with E-state index in [9.17, 15) is 14.9 Å². The molecule has 2 N–H and O–H groups in total. The monoisotopic (exact) mass is 391 g/mol. The van der Waals surface area contributed by atoms with Gasteiger partial charge in [-0.2, -0.15) is 0 Å². The molecule has 0 radical (unpaired) electrons. The minimum Gasteiger partial charge on any atom is -0.380 e. The van der Waals surface area contributed by atoms with Gasteiger partial charge < -0.3 is 10.6 Å². The van der Waals surface area contributed by atoms with Crippen LogP contribution in [-0.2, 0) is 9.63 Å². The number of nitrogens with two attached hydrogens (primary N) is 1. The summed E-state index contributed by atoms with van der Waals surface area (Å²) in [5.74, 6) is -1.16. The molecule has 24 heavy (non-hydrogen) atoms. The standard InChI is InChI=1S/C16H14BrN3O4/c1-10(11-4-8-14(9-5-11)20(22)23)16(21)24-19-15(18)12-2-6-13(17)7-3-12/h2-10H,1H3,(H2,18,19)/t10-/m1/s1. The smallest absolute Gasteiger partial charge is 0.342 e. The Balaban J connectivity index is 2.04. The number of rotatable bonds is 5. The van der Waals surface area contributed by atoms with Gasteiger partial charge in [0.15, 0.2) is 5.84 Å². The van der Waals surface area contributed by atoms with Gasteiger partial charge in [-0.15, -0.1) is 0 Å². The summed E-state index contributed by atoms with van der Waals surface area (Å²) in [4.78, 5) is 27.0. The first-order valence-electron chi connectivity index (χ1n) is 6.93. The quantitative estimate of drug-likeness (QED) is 0.276. The first-order valence-corrected chi connectivity index (χ1v) is 7.72. The van der Waals surface area contributed by atoms with E-state index in [0.29, 0.717) is 11.1 Å². The van der Waals surface area contributed by atoms with Crippen LogP contribution in [0.25, 0.3) is 0 Å². The second-order valence-corrected chi connectivity index (χ2v) is 5.88. The van der Waals surface area contributed by atoms with E-state index in [0.717, 1.165) is 4.47 Å². The molecule has 2 rings (SSSR count). The highest BCUT2D eigenvalue weighted by Crippen LogP contribution is 2.20. The predicted molar refractivity (Wildman–Crippen MR) is 92.5 cm³/mol. The number of benzene rings is 2. The Morgan fingerprint density at radius 1 is 1.21 bits per heavy atom. The van der Waals surface area contributed by atoms with Crippen molar-refractivity contribution in [1.29, 1.82) is 0 Å². The van der Waals surface area contributed by atoms with Crippen LogP contribution in [0.1, 0.15) is 24.0 Å². The average molecular weight is 392 g/mol. The Morgan fingerprint density at radius 3 is 2.33 bits per heavy atom. The molecule has 8 heteroatoms. The van der Waals surface area contributed by atoms with Gasteiger partial charge in [-0.05, 0) is 24.6 Å². The van der Waals surface area contributed by atoms with Gasteiger partial charge in [-0.3, -0.25) is 10.1 Å². The van der Waals surface area contributed by atoms with E-state index in [2.05, 4.69) is 21.1 Å². The summed E-state index contributed by atoms with van der Waals surface area (Å²) in [6.07, 6.45) is 0. The van der Waals surface area contributed by atoms with Gasteiger partial charge in [0.25, 0.3) is 5.69 Å². The molecule has 0 unspecified atom stereocenters. The van der Waals surface area contributed by atoms with Crippen LogP contribution < -0.4 is 5.73 Å². The second kappa shape index (κ2) is 7.69. The highest BCUT2D eigenvalue weighted by Gasteiger charge is 2.18. The van der Waals surface area contributed by atoms with Crippen LogP contribution in [-0.4, -0.2) is 16.7 Å². The molecular weight excluding hydrogens is 378 g/mol. The summed E-state index contributed by atoms with van der Waals surface area (Å²) in [6.45, 7) is 1.62. The van der Waals surface area contributed by atoms with Crippen LogP contribution in [0.15, 0.2) is 58.2 Å². The van der Waals surface area contributed by atoms with Crippen LogP contribution >= 0.6 is 15.9 Å². The number of carbonyl (C=O) groups excluding carboxylic acids is 1. The van der Waals surface area contributed by atoms with Crippen LogP contribution in [0.4, 0.5) is 5.69 Å². The van der Waals surface area contributed by atoms with Crippen LogP contribution in [0.2, 0.25) is 0 Å². The zero-order valence-electron chi connectivity index (χ0n) is 12.7. The van der Waals surface area contributed by atoms with E-state index >= 15 is 0 Å². The lowest BCUT2D eigenvalue weighted by Crippen LogP contribution is -2.17. The summed E-state index contributed by atoms with van der Waals surface area (Å²) in [5, 5.41) is 14.3. The number of nitro groups is 1. The zero-order chi connectivity index (χ0) is 17.7. The SMILES string of the molecule is C[C@@H](C(=O)O/N=C(/N)c1ccc(Br)cc1)c1ccc([N+](=O)[O-])cc1. The van der Waals surface area contributed by atoms with Gasteiger partial charge in [0, 0.05) is 22.2 Å². The van der Waals surface area contributed by atoms with Crippen LogP contribution in [0.3, 0.4) is 0 Å². The van der Waals surface area contributed by atoms with Gasteiger partial charge in [0.2, 0.25) is 0 Å².